The van der Waals surface area contributed by atoms with Crippen LogP contribution in [0.5, 0.6) is 0 Å². The van der Waals surface area contributed by atoms with Crippen LogP contribution in [0, 0.1) is 13.8 Å². The maximum Gasteiger partial charge on any atom is 0.256 e. The largest absolute Gasteiger partial charge is 0.358 e. The van der Waals surface area contributed by atoms with Gasteiger partial charge in [-0.15, -0.1) is 0 Å². The summed E-state index contributed by atoms with van der Waals surface area (Å²) in [5.74, 6) is -0.287. The van der Waals surface area contributed by atoms with Gasteiger partial charge in [0.2, 0.25) is 0 Å². The quantitative estimate of drug-likeness (QED) is 0.194. The molecule has 8 heteroatoms. The zero-order valence-electron chi connectivity index (χ0n) is 21.9. The maximum atomic E-state index is 12.9. The Bertz CT molecular complexity index is 1510. The lowest BCUT2D eigenvalue weighted by Gasteiger charge is -2.07. The summed E-state index contributed by atoms with van der Waals surface area (Å²) in [4.78, 5) is 29.1. The first-order valence-corrected chi connectivity index (χ1v) is 12.9. The van der Waals surface area contributed by atoms with E-state index in [1.807, 2.05) is 85.5 Å². The van der Waals surface area contributed by atoms with Crippen LogP contribution in [0.15, 0.2) is 60.9 Å². The first kappa shape index (κ1) is 25.2. The van der Waals surface area contributed by atoms with Gasteiger partial charge in [0.15, 0.2) is 0 Å². The molecule has 3 heterocycles. The number of hydrogen-bond acceptors (Lipinski definition) is 4. The van der Waals surface area contributed by atoms with Crippen molar-refractivity contribution in [2.24, 2.45) is 0 Å². The van der Waals surface area contributed by atoms with E-state index >= 15 is 0 Å². The Hall–Kier alpha value is -4.43. The molecule has 0 bridgehead atoms. The molecule has 0 radical (unpaired) electrons. The van der Waals surface area contributed by atoms with E-state index in [2.05, 4.69) is 33.0 Å². The average molecular weight is 509 g/mol. The SMILES string of the molecule is CCCNCCNC(=O)c1c(C)[nH]c(C=C2C(=O)Nc3ccc(-c4cnn(-c5ccccc5)c4)cc32)c1C. The number of rotatable bonds is 9. The number of aromatic nitrogens is 3. The van der Waals surface area contributed by atoms with Gasteiger partial charge in [0.05, 0.1) is 23.0 Å². The number of aryl methyl sites for hydroxylation is 1. The smallest absolute Gasteiger partial charge is 0.256 e. The molecule has 2 aromatic carbocycles. The minimum Gasteiger partial charge on any atom is -0.358 e. The third kappa shape index (κ3) is 5.03. The molecule has 0 aliphatic carbocycles. The number of carbonyl (C=O) groups excluding carboxylic acids is 2. The van der Waals surface area contributed by atoms with Crippen LogP contribution in [-0.4, -0.2) is 46.2 Å². The summed E-state index contributed by atoms with van der Waals surface area (Å²) >= 11 is 0. The van der Waals surface area contributed by atoms with Crippen molar-refractivity contribution in [3.8, 4) is 16.8 Å². The number of fused-ring (bicyclic) bond motifs is 1. The standard InChI is InChI=1S/C30H32N6O2/c1-4-12-31-13-14-32-30(38)28-19(2)27(34-20(28)3)16-25-24-15-21(10-11-26(24)35-29(25)37)22-17-33-36(18-22)23-8-6-5-7-9-23/h5-11,15-18,31,34H,4,12-14H2,1-3H3,(H,32,38)(H,35,37). The summed E-state index contributed by atoms with van der Waals surface area (Å²) in [5.41, 5.74) is 7.98. The van der Waals surface area contributed by atoms with Crippen LogP contribution < -0.4 is 16.0 Å². The van der Waals surface area contributed by atoms with Crippen molar-refractivity contribution in [3.05, 3.63) is 89.0 Å². The Morgan fingerprint density at radius 2 is 1.87 bits per heavy atom. The number of amides is 2. The molecule has 0 atom stereocenters. The second kappa shape index (κ2) is 10.9. The van der Waals surface area contributed by atoms with Crippen molar-refractivity contribution in [3.63, 3.8) is 0 Å². The van der Waals surface area contributed by atoms with Crippen LogP contribution in [0.25, 0.3) is 28.5 Å². The van der Waals surface area contributed by atoms with Crippen molar-refractivity contribution in [2.75, 3.05) is 25.0 Å². The number of carbonyl (C=O) groups is 2. The minimum atomic E-state index is -0.170. The Morgan fingerprint density at radius 3 is 2.66 bits per heavy atom. The molecule has 0 fully saturated rings. The second-order valence-corrected chi connectivity index (χ2v) is 9.45. The van der Waals surface area contributed by atoms with Gasteiger partial charge in [-0.25, -0.2) is 4.68 Å². The Balaban J connectivity index is 1.41. The summed E-state index contributed by atoms with van der Waals surface area (Å²) < 4.78 is 1.83. The summed E-state index contributed by atoms with van der Waals surface area (Å²) in [6, 6.07) is 15.8. The normalized spacial score (nSPS) is 13.6. The minimum absolute atomic E-state index is 0.117. The summed E-state index contributed by atoms with van der Waals surface area (Å²) in [6.07, 6.45) is 6.69. The first-order chi connectivity index (χ1) is 18.5. The molecule has 2 amide bonds. The molecular formula is C30H32N6O2. The lowest BCUT2D eigenvalue weighted by Crippen LogP contribution is -2.32. The number of para-hydroxylation sites is 1. The van der Waals surface area contributed by atoms with Gasteiger partial charge in [0, 0.05) is 47.5 Å². The average Bonchev–Trinajstić information content (AvgIpc) is 3.60. The van der Waals surface area contributed by atoms with Crippen molar-refractivity contribution >= 4 is 29.2 Å². The number of anilines is 1. The molecule has 5 rings (SSSR count). The summed E-state index contributed by atoms with van der Waals surface area (Å²) in [5, 5.41) is 13.7. The van der Waals surface area contributed by atoms with E-state index < -0.39 is 0 Å². The van der Waals surface area contributed by atoms with E-state index in [0.717, 1.165) is 64.5 Å². The molecular weight excluding hydrogens is 476 g/mol. The van der Waals surface area contributed by atoms with Gasteiger partial charge in [0.1, 0.15) is 0 Å². The van der Waals surface area contributed by atoms with Crippen LogP contribution >= 0.6 is 0 Å². The van der Waals surface area contributed by atoms with Crippen molar-refractivity contribution < 1.29 is 9.59 Å². The monoisotopic (exact) mass is 508 g/mol. The summed E-state index contributed by atoms with van der Waals surface area (Å²) in [6.45, 7) is 8.10. The molecule has 8 nitrogen and oxygen atoms in total. The topological polar surface area (TPSA) is 104 Å². The highest BCUT2D eigenvalue weighted by Gasteiger charge is 2.26. The third-order valence-corrected chi connectivity index (χ3v) is 6.75. The van der Waals surface area contributed by atoms with Gasteiger partial charge in [-0.05, 0) is 68.3 Å². The molecule has 0 saturated carbocycles. The van der Waals surface area contributed by atoms with Gasteiger partial charge in [-0.3, -0.25) is 9.59 Å². The zero-order valence-corrected chi connectivity index (χ0v) is 21.9. The number of nitrogens with zero attached hydrogens (tertiary/aromatic N) is 2. The van der Waals surface area contributed by atoms with E-state index in [1.165, 1.54) is 0 Å². The molecule has 4 N–H and O–H groups in total. The molecule has 4 aromatic rings. The van der Waals surface area contributed by atoms with E-state index in [-0.39, 0.29) is 11.8 Å². The van der Waals surface area contributed by atoms with Crippen LogP contribution in [0.4, 0.5) is 5.69 Å². The fourth-order valence-corrected chi connectivity index (χ4v) is 4.76. The number of hydrogen-bond donors (Lipinski definition) is 4. The molecule has 1 aliphatic heterocycles. The van der Waals surface area contributed by atoms with Crippen molar-refractivity contribution in [2.45, 2.75) is 27.2 Å². The fourth-order valence-electron chi connectivity index (χ4n) is 4.76. The van der Waals surface area contributed by atoms with Gasteiger partial charge < -0.3 is 20.9 Å². The number of H-pyrrole nitrogens is 1. The second-order valence-electron chi connectivity index (χ2n) is 9.45. The van der Waals surface area contributed by atoms with E-state index in [1.54, 1.807) is 0 Å². The predicted octanol–water partition coefficient (Wildman–Crippen LogP) is 4.71. The molecule has 38 heavy (non-hydrogen) atoms. The summed E-state index contributed by atoms with van der Waals surface area (Å²) in [7, 11) is 0. The van der Waals surface area contributed by atoms with E-state index in [9.17, 15) is 9.59 Å². The maximum absolute atomic E-state index is 12.9. The van der Waals surface area contributed by atoms with E-state index in [4.69, 9.17) is 0 Å². The van der Waals surface area contributed by atoms with Crippen LogP contribution in [0.1, 0.15) is 46.2 Å². The van der Waals surface area contributed by atoms with Crippen molar-refractivity contribution in [1.82, 2.24) is 25.4 Å². The Labute approximate surface area is 222 Å². The van der Waals surface area contributed by atoms with Gasteiger partial charge >= 0.3 is 0 Å². The number of benzene rings is 2. The zero-order chi connectivity index (χ0) is 26.6. The first-order valence-electron chi connectivity index (χ1n) is 12.9. The molecule has 2 aromatic heterocycles. The third-order valence-electron chi connectivity index (χ3n) is 6.75. The Kier molecular flexibility index (Phi) is 7.24. The van der Waals surface area contributed by atoms with Gasteiger partial charge in [-0.2, -0.15) is 5.10 Å². The molecule has 0 spiro atoms. The number of aromatic amines is 1. The van der Waals surface area contributed by atoms with Crippen LogP contribution in [0.3, 0.4) is 0 Å². The highest BCUT2D eigenvalue weighted by molar-refractivity contribution is 6.35. The lowest BCUT2D eigenvalue weighted by molar-refractivity contribution is -0.110. The fraction of sp³-hybridized carbons (Fsp3) is 0.233. The van der Waals surface area contributed by atoms with E-state index in [0.29, 0.717) is 17.7 Å². The molecule has 1 aliphatic rings. The Morgan fingerprint density at radius 1 is 1.05 bits per heavy atom. The van der Waals surface area contributed by atoms with Crippen LogP contribution in [0.2, 0.25) is 0 Å². The highest BCUT2D eigenvalue weighted by Crippen LogP contribution is 2.37. The van der Waals surface area contributed by atoms with Gasteiger partial charge in [-0.1, -0.05) is 31.2 Å². The molecule has 0 saturated heterocycles. The molecule has 194 valence electrons. The highest BCUT2D eigenvalue weighted by atomic mass is 16.2. The number of nitrogens with one attached hydrogen (secondary N) is 4. The van der Waals surface area contributed by atoms with Crippen molar-refractivity contribution in [1.29, 1.82) is 0 Å². The van der Waals surface area contributed by atoms with Crippen LogP contribution in [-0.2, 0) is 4.79 Å². The predicted molar refractivity (Wildman–Crippen MR) is 151 cm³/mol. The van der Waals surface area contributed by atoms with Gasteiger partial charge in [0.25, 0.3) is 11.8 Å². The molecule has 0 unspecified atom stereocenters. The lowest BCUT2D eigenvalue weighted by atomic mass is 10.00.